The second-order valence-electron chi connectivity index (χ2n) is 14.9. The van der Waals surface area contributed by atoms with Gasteiger partial charge in [-0.15, -0.1) is 0 Å². The Morgan fingerprint density at radius 3 is 1.32 bits per heavy atom. The topological polar surface area (TPSA) is 40.5 Å². The van der Waals surface area contributed by atoms with Gasteiger partial charge in [-0.1, -0.05) is 107 Å². The molecule has 37 heavy (non-hydrogen) atoms. The van der Waals surface area contributed by atoms with Gasteiger partial charge in [-0.05, 0) is 89.0 Å². The molecule has 0 saturated heterocycles. The molecule has 4 aromatic rings. The Bertz CT molecular complexity index is 1520. The van der Waals surface area contributed by atoms with E-state index in [-0.39, 0.29) is 21.7 Å². The van der Waals surface area contributed by atoms with Gasteiger partial charge in [0.05, 0.1) is 0 Å². The molecule has 0 aromatic heterocycles. The monoisotopic (exact) mass is 516 g/mol. The lowest BCUT2D eigenvalue weighted by Gasteiger charge is -2.31. The van der Waals surface area contributed by atoms with Crippen LogP contribution in [0.25, 0.3) is 32.3 Å². The van der Waals surface area contributed by atoms with Crippen molar-refractivity contribution in [2.24, 2.45) is 0 Å². The summed E-state index contributed by atoms with van der Waals surface area (Å²) in [6.07, 6.45) is 0. The molecule has 0 radical (unpaired) electrons. The van der Waals surface area contributed by atoms with Gasteiger partial charge in [0.15, 0.2) is 8.38 Å². The smallest absolute Gasteiger partial charge is 0.200 e. The maximum atomic E-state index is 10.6. The number of hydrogen-bond donors (Lipinski definition) is 2. The highest BCUT2D eigenvalue weighted by Gasteiger charge is 2.29. The normalized spacial score (nSPS) is 13.9. The van der Waals surface area contributed by atoms with Crippen LogP contribution in [0, 0.1) is 0 Å². The maximum Gasteiger partial charge on any atom is 0.200 e. The zero-order valence-electron chi connectivity index (χ0n) is 24.9. The molecular weight excluding hydrogens is 471 g/mol. The van der Waals surface area contributed by atoms with Crippen molar-refractivity contribution in [2.75, 3.05) is 0 Å². The zero-order valence-corrected chi connectivity index (χ0v) is 25.8. The van der Waals surface area contributed by atoms with Crippen LogP contribution in [0.5, 0.6) is 0 Å². The first-order valence-corrected chi connectivity index (χ1v) is 14.7. The van der Waals surface area contributed by atoms with Crippen molar-refractivity contribution in [1.82, 2.24) is 0 Å². The molecule has 0 heterocycles. The Labute approximate surface area is 225 Å². The van der Waals surface area contributed by atoms with E-state index in [0.717, 1.165) is 16.2 Å². The zero-order chi connectivity index (χ0) is 27.9. The van der Waals surface area contributed by atoms with Gasteiger partial charge in [-0.2, -0.15) is 0 Å². The fraction of sp³-hybridized carbons (Fsp3) is 0.471. The van der Waals surface area contributed by atoms with Gasteiger partial charge in [0.1, 0.15) is 0 Å². The Morgan fingerprint density at radius 1 is 0.486 bits per heavy atom. The highest BCUT2D eigenvalue weighted by molar-refractivity contribution is 7.54. The van der Waals surface area contributed by atoms with Crippen molar-refractivity contribution >= 4 is 46.0 Å². The quantitative estimate of drug-likeness (QED) is 0.195. The fourth-order valence-corrected chi connectivity index (χ4v) is 6.15. The van der Waals surface area contributed by atoms with E-state index < -0.39 is 8.38 Å². The number of benzene rings is 4. The molecule has 3 heteroatoms. The van der Waals surface area contributed by atoms with Gasteiger partial charge in [0.25, 0.3) is 0 Å². The van der Waals surface area contributed by atoms with Crippen LogP contribution in [0.2, 0.25) is 0 Å². The summed E-state index contributed by atoms with van der Waals surface area (Å²) in [5.74, 6) is 0. The molecule has 0 unspecified atom stereocenters. The molecule has 0 spiro atoms. The Hall–Kier alpha value is -1.99. The van der Waals surface area contributed by atoms with Crippen molar-refractivity contribution in [2.45, 2.75) is 105 Å². The average molecular weight is 517 g/mol. The first-order chi connectivity index (χ1) is 16.7. The van der Waals surface area contributed by atoms with E-state index in [1.54, 1.807) is 0 Å². The third-order valence-corrected chi connectivity index (χ3v) is 8.50. The SMILES string of the molecule is CC(C)(C)c1cc(C(C)(C)C)c2c(c1)c1cc(C(C)(C)C)cc(C(C)(C)C)c1c1c(P(O)O)cccc21. The van der Waals surface area contributed by atoms with E-state index in [2.05, 4.69) is 113 Å². The van der Waals surface area contributed by atoms with Crippen molar-refractivity contribution in [3.63, 3.8) is 0 Å². The molecule has 0 atom stereocenters. The number of fused-ring (bicyclic) bond motifs is 6. The third-order valence-electron chi connectivity index (χ3n) is 7.69. The predicted octanol–water partition coefficient (Wildman–Crippen LogP) is 9.26. The predicted molar refractivity (Wildman–Crippen MR) is 165 cm³/mol. The van der Waals surface area contributed by atoms with E-state index >= 15 is 0 Å². The molecule has 0 aliphatic heterocycles. The molecule has 4 aromatic carbocycles. The van der Waals surface area contributed by atoms with Crippen LogP contribution in [0.1, 0.15) is 105 Å². The number of hydrogen-bond acceptors (Lipinski definition) is 2. The minimum atomic E-state index is -2.26. The summed E-state index contributed by atoms with van der Waals surface area (Å²) in [6, 6.07) is 15.6. The van der Waals surface area contributed by atoms with Crippen LogP contribution in [0.15, 0.2) is 42.5 Å². The lowest BCUT2D eigenvalue weighted by molar-refractivity contribution is 0.497. The summed E-state index contributed by atoms with van der Waals surface area (Å²) >= 11 is 0. The molecule has 0 saturated carbocycles. The summed E-state index contributed by atoms with van der Waals surface area (Å²) in [4.78, 5) is 21.3. The molecule has 0 aliphatic rings. The Balaban J connectivity index is 2.51. The van der Waals surface area contributed by atoms with Crippen LogP contribution in [0.3, 0.4) is 0 Å². The third kappa shape index (κ3) is 4.94. The average Bonchev–Trinajstić information content (AvgIpc) is 2.74. The standard InChI is InChI=1S/C34H45O2P/c1-31(2,3)20-16-23-24-17-21(32(4,5)6)19-26(34(10,11)12)29(24)30-22(14-13-15-27(30)37(35)36)28(23)25(18-20)33(7,8)9/h13-19,35-36H,1-12H3. The van der Waals surface area contributed by atoms with E-state index in [1.165, 1.54) is 38.4 Å². The summed E-state index contributed by atoms with van der Waals surface area (Å²) in [7, 11) is -2.26. The van der Waals surface area contributed by atoms with Gasteiger partial charge in [-0.3, -0.25) is 0 Å². The minimum Gasteiger partial charge on any atom is -0.347 e. The van der Waals surface area contributed by atoms with Crippen LogP contribution in [-0.4, -0.2) is 9.79 Å². The molecule has 0 amide bonds. The Kier molecular flexibility index (Phi) is 6.64. The van der Waals surface area contributed by atoms with Crippen molar-refractivity contribution < 1.29 is 9.79 Å². The first-order valence-electron chi connectivity index (χ1n) is 13.4. The highest BCUT2D eigenvalue weighted by Crippen LogP contribution is 2.47. The van der Waals surface area contributed by atoms with Crippen molar-refractivity contribution in [3.05, 3.63) is 64.7 Å². The van der Waals surface area contributed by atoms with E-state index in [0.29, 0.717) is 5.30 Å². The Morgan fingerprint density at radius 2 is 0.919 bits per heavy atom. The fourth-order valence-electron chi connectivity index (χ4n) is 5.50. The molecule has 0 bridgehead atoms. The first kappa shape index (κ1) is 28.0. The molecule has 0 aliphatic carbocycles. The van der Waals surface area contributed by atoms with Crippen LogP contribution in [0.4, 0.5) is 0 Å². The molecule has 2 nitrogen and oxygen atoms in total. The lowest BCUT2D eigenvalue weighted by Crippen LogP contribution is -2.19. The lowest BCUT2D eigenvalue weighted by atomic mass is 9.73. The van der Waals surface area contributed by atoms with E-state index in [4.69, 9.17) is 0 Å². The number of rotatable bonds is 1. The van der Waals surface area contributed by atoms with Crippen molar-refractivity contribution in [1.29, 1.82) is 0 Å². The largest absolute Gasteiger partial charge is 0.347 e. The van der Waals surface area contributed by atoms with Crippen LogP contribution in [-0.2, 0) is 21.7 Å². The highest BCUT2D eigenvalue weighted by atomic mass is 31.2. The van der Waals surface area contributed by atoms with Crippen LogP contribution < -0.4 is 5.30 Å². The molecule has 0 fully saturated rings. The van der Waals surface area contributed by atoms with Gasteiger partial charge < -0.3 is 9.79 Å². The van der Waals surface area contributed by atoms with Gasteiger partial charge in [0.2, 0.25) is 0 Å². The van der Waals surface area contributed by atoms with Gasteiger partial charge in [-0.25, -0.2) is 0 Å². The summed E-state index contributed by atoms with van der Waals surface area (Å²) < 4.78 is 0. The molecular formula is C34H45O2P. The molecule has 2 N–H and O–H groups in total. The molecule has 4 rings (SSSR count). The second-order valence-corrected chi connectivity index (χ2v) is 15.9. The van der Waals surface area contributed by atoms with Gasteiger partial charge >= 0.3 is 0 Å². The van der Waals surface area contributed by atoms with Crippen LogP contribution >= 0.6 is 8.38 Å². The molecule has 198 valence electrons. The van der Waals surface area contributed by atoms with E-state index in [1.807, 2.05) is 12.1 Å². The van der Waals surface area contributed by atoms with Crippen molar-refractivity contribution in [3.8, 4) is 0 Å². The van der Waals surface area contributed by atoms with E-state index in [9.17, 15) is 9.79 Å². The summed E-state index contributed by atoms with van der Waals surface area (Å²) in [5.41, 5.74) is 4.94. The summed E-state index contributed by atoms with van der Waals surface area (Å²) in [6.45, 7) is 27.3. The minimum absolute atomic E-state index is 0.00364. The maximum absolute atomic E-state index is 10.6. The summed E-state index contributed by atoms with van der Waals surface area (Å²) in [5, 5.41) is 7.57. The van der Waals surface area contributed by atoms with Gasteiger partial charge in [0, 0.05) is 10.7 Å². The second kappa shape index (κ2) is 8.77.